The number of thiazole rings is 1. The molecule has 4 fully saturated rings. The van der Waals surface area contributed by atoms with Crippen LogP contribution in [-0.4, -0.2) is 30.0 Å². The second-order valence-corrected chi connectivity index (χ2v) is 9.60. The van der Waals surface area contributed by atoms with Crippen LogP contribution in [0.1, 0.15) is 51.0 Å². The van der Waals surface area contributed by atoms with Crippen LogP contribution in [0.15, 0.2) is 11.6 Å². The fourth-order valence-electron chi connectivity index (χ4n) is 5.69. The molecule has 6 heteroatoms. The molecule has 0 aromatic carbocycles. The van der Waals surface area contributed by atoms with Gasteiger partial charge in [0, 0.05) is 17.6 Å². The standard InChI is InChI=1S/C19H26N2O3S/c1-18(2,16-20-4-5-25-16)15(22)21-14-12-6-11-7-13(14)10-19(8-11,9-12)17(23)24-3/h4-5,11-14H,6-10H2,1-3H3,(H,21,22). The summed E-state index contributed by atoms with van der Waals surface area (Å²) in [5.74, 6) is 1.39. The molecule has 0 saturated heterocycles. The first-order valence-corrected chi connectivity index (χ1v) is 10.0. The average molecular weight is 362 g/mol. The average Bonchev–Trinajstić information content (AvgIpc) is 3.11. The summed E-state index contributed by atoms with van der Waals surface area (Å²) in [7, 11) is 1.50. The zero-order chi connectivity index (χ0) is 17.8. The van der Waals surface area contributed by atoms with E-state index in [1.54, 1.807) is 6.20 Å². The van der Waals surface area contributed by atoms with E-state index in [9.17, 15) is 9.59 Å². The van der Waals surface area contributed by atoms with Gasteiger partial charge in [0.25, 0.3) is 0 Å². The van der Waals surface area contributed by atoms with E-state index in [1.807, 2.05) is 19.2 Å². The monoisotopic (exact) mass is 362 g/mol. The summed E-state index contributed by atoms with van der Waals surface area (Å²) in [6.45, 7) is 3.88. The van der Waals surface area contributed by atoms with Crippen molar-refractivity contribution in [1.82, 2.24) is 10.3 Å². The maximum atomic E-state index is 13.0. The predicted molar refractivity (Wildman–Crippen MR) is 95.1 cm³/mol. The third kappa shape index (κ3) is 2.60. The van der Waals surface area contributed by atoms with Crippen LogP contribution in [0.5, 0.6) is 0 Å². The molecule has 25 heavy (non-hydrogen) atoms. The fourth-order valence-corrected chi connectivity index (χ4v) is 6.45. The number of carbonyl (C=O) groups is 2. The second-order valence-electron chi connectivity index (χ2n) is 8.70. The Hall–Kier alpha value is -1.43. The Morgan fingerprint density at radius 3 is 2.52 bits per heavy atom. The Morgan fingerprint density at radius 2 is 1.96 bits per heavy atom. The van der Waals surface area contributed by atoms with Crippen molar-refractivity contribution >= 4 is 23.2 Å². The molecule has 136 valence electrons. The molecular formula is C19H26N2O3S. The van der Waals surface area contributed by atoms with E-state index in [2.05, 4.69) is 10.3 Å². The molecule has 2 unspecified atom stereocenters. The van der Waals surface area contributed by atoms with Crippen molar-refractivity contribution in [2.45, 2.75) is 57.4 Å². The van der Waals surface area contributed by atoms with Crippen molar-refractivity contribution in [3.63, 3.8) is 0 Å². The fraction of sp³-hybridized carbons (Fsp3) is 0.737. The molecule has 4 aliphatic rings. The number of esters is 1. The Morgan fingerprint density at radius 1 is 1.28 bits per heavy atom. The number of carbonyl (C=O) groups excluding carboxylic acids is 2. The minimum atomic E-state index is -0.622. The van der Waals surface area contributed by atoms with Crippen LogP contribution in [0.3, 0.4) is 0 Å². The van der Waals surface area contributed by atoms with Gasteiger partial charge in [-0.25, -0.2) is 4.98 Å². The molecule has 4 saturated carbocycles. The normalized spacial score (nSPS) is 36.3. The second kappa shape index (κ2) is 5.79. The number of aromatic nitrogens is 1. The predicted octanol–water partition coefficient (Wildman–Crippen LogP) is 2.90. The number of rotatable bonds is 4. The number of hydrogen-bond acceptors (Lipinski definition) is 5. The van der Waals surface area contributed by atoms with Crippen LogP contribution in [0.2, 0.25) is 0 Å². The first-order valence-electron chi connectivity index (χ1n) is 9.15. The van der Waals surface area contributed by atoms with E-state index in [-0.39, 0.29) is 23.3 Å². The molecular weight excluding hydrogens is 336 g/mol. The molecule has 0 radical (unpaired) electrons. The van der Waals surface area contributed by atoms with E-state index < -0.39 is 5.41 Å². The van der Waals surface area contributed by atoms with Crippen LogP contribution in [0.25, 0.3) is 0 Å². The SMILES string of the molecule is COC(=O)C12CC3CC(C1)C(NC(=O)C(C)(C)c1nccs1)C(C3)C2. The molecule has 0 aliphatic heterocycles. The van der Waals surface area contributed by atoms with Gasteiger partial charge < -0.3 is 10.1 Å². The van der Waals surface area contributed by atoms with Crippen molar-refractivity contribution in [3.05, 3.63) is 16.6 Å². The lowest BCUT2D eigenvalue weighted by molar-refractivity contribution is -0.171. The van der Waals surface area contributed by atoms with Crippen LogP contribution < -0.4 is 5.32 Å². The smallest absolute Gasteiger partial charge is 0.311 e. The van der Waals surface area contributed by atoms with E-state index in [1.165, 1.54) is 18.4 Å². The van der Waals surface area contributed by atoms with E-state index >= 15 is 0 Å². The molecule has 4 bridgehead atoms. The van der Waals surface area contributed by atoms with Gasteiger partial charge in [0.15, 0.2) is 0 Å². The Labute approximate surface area is 152 Å². The summed E-state index contributed by atoms with van der Waals surface area (Å²) < 4.78 is 5.12. The maximum absolute atomic E-state index is 13.0. The van der Waals surface area contributed by atoms with Gasteiger partial charge in [0.2, 0.25) is 5.91 Å². The summed E-state index contributed by atoms with van der Waals surface area (Å²) in [6, 6.07) is 0.182. The molecule has 2 atom stereocenters. The Bertz CT molecular complexity index is 669. The summed E-state index contributed by atoms with van der Waals surface area (Å²) in [6.07, 6.45) is 6.68. The van der Waals surface area contributed by atoms with Gasteiger partial charge in [0.1, 0.15) is 5.01 Å². The zero-order valence-electron chi connectivity index (χ0n) is 15.1. The van der Waals surface area contributed by atoms with Gasteiger partial charge in [0.05, 0.1) is 17.9 Å². The first-order chi connectivity index (χ1) is 11.9. The van der Waals surface area contributed by atoms with Gasteiger partial charge >= 0.3 is 5.97 Å². The number of nitrogens with zero attached hydrogens (tertiary/aromatic N) is 1. The third-order valence-corrected chi connectivity index (χ3v) is 7.82. The summed E-state index contributed by atoms with van der Waals surface area (Å²) in [5.41, 5.74) is -0.916. The molecule has 4 aliphatic carbocycles. The van der Waals surface area contributed by atoms with Crippen LogP contribution in [-0.2, 0) is 19.7 Å². The number of hydrogen-bond donors (Lipinski definition) is 1. The lowest BCUT2D eigenvalue weighted by atomic mass is 9.48. The zero-order valence-corrected chi connectivity index (χ0v) is 15.9. The Balaban J connectivity index is 1.52. The number of methoxy groups -OCH3 is 1. The molecule has 0 spiro atoms. The molecule has 1 aromatic rings. The van der Waals surface area contributed by atoms with Gasteiger partial charge in [-0.1, -0.05) is 0 Å². The van der Waals surface area contributed by atoms with Gasteiger partial charge in [-0.2, -0.15) is 0 Å². The van der Waals surface area contributed by atoms with E-state index in [0.717, 1.165) is 37.1 Å². The highest BCUT2D eigenvalue weighted by molar-refractivity contribution is 7.09. The lowest BCUT2D eigenvalue weighted by Gasteiger charge is -2.58. The largest absolute Gasteiger partial charge is 0.469 e. The third-order valence-electron chi connectivity index (χ3n) is 6.72. The summed E-state index contributed by atoms with van der Waals surface area (Å²) in [4.78, 5) is 29.7. The van der Waals surface area contributed by atoms with Crippen LogP contribution in [0, 0.1) is 23.2 Å². The molecule has 5 rings (SSSR count). The molecule has 5 nitrogen and oxygen atoms in total. The quantitative estimate of drug-likeness (QED) is 0.836. The maximum Gasteiger partial charge on any atom is 0.311 e. The summed E-state index contributed by atoms with van der Waals surface area (Å²) in [5, 5.41) is 6.10. The minimum absolute atomic E-state index is 0.0419. The highest BCUT2D eigenvalue weighted by atomic mass is 32.1. The highest BCUT2D eigenvalue weighted by Gasteiger charge is 2.59. The number of ether oxygens (including phenoxy) is 1. The van der Waals surface area contributed by atoms with E-state index in [4.69, 9.17) is 4.74 Å². The van der Waals surface area contributed by atoms with E-state index in [0.29, 0.717) is 17.8 Å². The van der Waals surface area contributed by atoms with Gasteiger partial charge in [-0.3, -0.25) is 9.59 Å². The van der Waals surface area contributed by atoms with Gasteiger partial charge in [-0.15, -0.1) is 11.3 Å². The number of amides is 1. The lowest BCUT2D eigenvalue weighted by Crippen LogP contribution is -2.62. The minimum Gasteiger partial charge on any atom is -0.469 e. The topological polar surface area (TPSA) is 68.3 Å². The summed E-state index contributed by atoms with van der Waals surface area (Å²) >= 11 is 1.52. The van der Waals surface area contributed by atoms with Crippen molar-refractivity contribution in [1.29, 1.82) is 0 Å². The number of nitrogens with one attached hydrogen (secondary N) is 1. The Kier molecular flexibility index (Phi) is 3.94. The van der Waals surface area contributed by atoms with Gasteiger partial charge in [-0.05, 0) is 63.7 Å². The molecule has 1 heterocycles. The first kappa shape index (κ1) is 17.0. The highest BCUT2D eigenvalue weighted by Crippen LogP contribution is 2.60. The molecule has 1 N–H and O–H groups in total. The van der Waals surface area contributed by atoms with Crippen LogP contribution in [0.4, 0.5) is 0 Å². The van der Waals surface area contributed by atoms with Crippen LogP contribution >= 0.6 is 11.3 Å². The molecule has 1 amide bonds. The van der Waals surface area contributed by atoms with Crippen molar-refractivity contribution in [3.8, 4) is 0 Å². The molecule has 1 aromatic heterocycles. The van der Waals surface area contributed by atoms with Crippen molar-refractivity contribution in [2.24, 2.45) is 23.2 Å². The van der Waals surface area contributed by atoms with Crippen molar-refractivity contribution < 1.29 is 14.3 Å². The van der Waals surface area contributed by atoms with Crippen molar-refractivity contribution in [2.75, 3.05) is 7.11 Å².